The zero-order chi connectivity index (χ0) is 12.9. The first-order valence-electron chi connectivity index (χ1n) is 5.84. The molecule has 17 heavy (non-hydrogen) atoms. The molecule has 0 saturated heterocycles. The average Bonchev–Trinajstić information content (AvgIpc) is 2.66. The minimum absolute atomic E-state index is 0.133. The lowest BCUT2D eigenvalue weighted by Crippen LogP contribution is -1.98. The maximum Gasteiger partial charge on any atom is 0.338 e. The molecule has 0 aliphatic rings. The van der Waals surface area contributed by atoms with Crippen LogP contribution >= 0.6 is 7.60 Å². The van der Waals surface area contributed by atoms with Crippen LogP contribution < -0.4 is 0 Å². The molecular weight excluding hydrogens is 241 g/mol. The molecule has 0 spiro atoms. The number of aromatic nitrogens is 1. The van der Waals surface area contributed by atoms with Gasteiger partial charge in [-0.3, -0.25) is 4.57 Å². The van der Waals surface area contributed by atoms with Crippen molar-refractivity contribution in [3.63, 3.8) is 0 Å². The van der Waals surface area contributed by atoms with Crippen molar-refractivity contribution in [2.45, 2.75) is 39.8 Å². The smallest absolute Gasteiger partial charge is 0.338 e. The molecular formula is C11H20NO4P. The SMILES string of the molecule is CCOP(=O)(Cc1cc(C(C)C)no1)OCC. The van der Waals surface area contributed by atoms with Gasteiger partial charge in [-0.2, -0.15) is 0 Å². The summed E-state index contributed by atoms with van der Waals surface area (Å²) < 4.78 is 27.7. The molecule has 0 fully saturated rings. The summed E-state index contributed by atoms with van der Waals surface area (Å²) in [5.74, 6) is 0.824. The predicted octanol–water partition coefficient (Wildman–Crippen LogP) is 3.56. The highest BCUT2D eigenvalue weighted by Gasteiger charge is 2.26. The van der Waals surface area contributed by atoms with Gasteiger partial charge >= 0.3 is 7.60 Å². The lowest BCUT2D eigenvalue weighted by molar-refractivity contribution is 0.216. The Balaban J connectivity index is 2.75. The summed E-state index contributed by atoms with van der Waals surface area (Å²) in [6.45, 7) is 8.31. The third-order valence-electron chi connectivity index (χ3n) is 2.17. The summed E-state index contributed by atoms with van der Waals surface area (Å²) in [6, 6.07) is 1.80. The lowest BCUT2D eigenvalue weighted by Gasteiger charge is -2.14. The van der Waals surface area contributed by atoms with Crippen LogP contribution in [0.4, 0.5) is 0 Å². The number of nitrogens with zero attached hydrogens (tertiary/aromatic N) is 1. The normalized spacial score (nSPS) is 12.3. The molecule has 0 amide bonds. The molecule has 0 saturated carbocycles. The molecule has 0 unspecified atom stereocenters. The summed E-state index contributed by atoms with van der Waals surface area (Å²) in [4.78, 5) is 0. The van der Waals surface area contributed by atoms with Gasteiger partial charge in [0.1, 0.15) is 11.9 Å². The van der Waals surface area contributed by atoms with Crippen LogP contribution in [0.5, 0.6) is 0 Å². The molecule has 0 N–H and O–H groups in total. The minimum atomic E-state index is -3.09. The third-order valence-corrected chi connectivity index (χ3v) is 4.17. The van der Waals surface area contributed by atoms with Crippen LogP contribution in [0.3, 0.4) is 0 Å². The van der Waals surface area contributed by atoms with E-state index in [0.29, 0.717) is 19.0 Å². The van der Waals surface area contributed by atoms with Gasteiger partial charge in [0.2, 0.25) is 0 Å². The topological polar surface area (TPSA) is 61.6 Å². The van der Waals surface area contributed by atoms with E-state index in [4.69, 9.17) is 13.6 Å². The van der Waals surface area contributed by atoms with Gasteiger partial charge in [-0.05, 0) is 19.8 Å². The van der Waals surface area contributed by atoms with Crippen molar-refractivity contribution in [3.8, 4) is 0 Å². The standard InChI is InChI=1S/C11H20NO4P/c1-5-14-17(13,15-6-2)8-10-7-11(9(3)4)12-16-10/h7,9H,5-6,8H2,1-4H3. The molecule has 1 aromatic rings. The van der Waals surface area contributed by atoms with Gasteiger partial charge in [0, 0.05) is 6.07 Å². The first-order valence-corrected chi connectivity index (χ1v) is 7.57. The van der Waals surface area contributed by atoms with Crippen LogP contribution in [-0.4, -0.2) is 18.4 Å². The molecule has 0 aliphatic carbocycles. The van der Waals surface area contributed by atoms with E-state index in [1.807, 2.05) is 13.8 Å². The van der Waals surface area contributed by atoms with Crippen molar-refractivity contribution in [2.75, 3.05) is 13.2 Å². The van der Waals surface area contributed by atoms with Crippen molar-refractivity contribution in [3.05, 3.63) is 17.5 Å². The van der Waals surface area contributed by atoms with Crippen LogP contribution in [0.25, 0.3) is 0 Å². The highest BCUT2D eigenvalue weighted by molar-refractivity contribution is 7.53. The number of rotatable bonds is 7. The zero-order valence-corrected chi connectivity index (χ0v) is 11.7. The Bertz CT molecular complexity index is 379. The Labute approximate surface area is 102 Å². The molecule has 5 nitrogen and oxygen atoms in total. The van der Waals surface area contributed by atoms with E-state index in [9.17, 15) is 4.57 Å². The van der Waals surface area contributed by atoms with Crippen molar-refractivity contribution in [1.29, 1.82) is 0 Å². The average molecular weight is 261 g/mol. The Hall–Kier alpha value is -0.640. The number of hydrogen-bond donors (Lipinski definition) is 0. The molecule has 1 aromatic heterocycles. The molecule has 6 heteroatoms. The second-order valence-corrected chi connectivity index (χ2v) is 6.03. The quantitative estimate of drug-likeness (QED) is 0.702. The molecule has 0 aliphatic heterocycles. The van der Waals surface area contributed by atoms with E-state index in [2.05, 4.69) is 5.16 Å². The fraction of sp³-hybridized carbons (Fsp3) is 0.727. The van der Waals surface area contributed by atoms with E-state index < -0.39 is 7.60 Å². The highest BCUT2D eigenvalue weighted by Crippen LogP contribution is 2.51. The van der Waals surface area contributed by atoms with E-state index in [-0.39, 0.29) is 12.1 Å². The molecule has 1 rings (SSSR count). The Morgan fingerprint density at radius 2 is 1.94 bits per heavy atom. The van der Waals surface area contributed by atoms with Gasteiger partial charge in [0.05, 0.1) is 18.9 Å². The molecule has 0 radical (unpaired) electrons. The summed E-state index contributed by atoms with van der Waals surface area (Å²) in [5, 5.41) is 3.91. The first kappa shape index (κ1) is 14.4. The third kappa shape index (κ3) is 4.26. The predicted molar refractivity (Wildman–Crippen MR) is 65.2 cm³/mol. The van der Waals surface area contributed by atoms with E-state index in [1.165, 1.54) is 0 Å². The van der Waals surface area contributed by atoms with Crippen molar-refractivity contribution in [2.24, 2.45) is 0 Å². The zero-order valence-electron chi connectivity index (χ0n) is 10.8. The highest BCUT2D eigenvalue weighted by atomic mass is 31.2. The van der Waals surface area contributed by atoms with E-state index >= 15 is 0 Å². The van der Waals surface area contributed by atoms with E-state index in [0.717, 1.165) is 5.69 Å². The largest absolute Gasteiger partial charge is 0.360 e. The van der Waals surface area contributed by atoms with Crippen LogP contribution in [0.2, 0.25) is 0 Å². The van der Waals surface area contributed by atoms with Crippen LogP contribution in [0.1, 0.15) is 45.1 Å². The fourth-order valence-corrected chi connectivity index (χ4v) is 2.96. The van der Waals surface area contributed by atoms with Gasteiger partial charge in [-0.25, -0.2) is 0 Å². The maximum atomic E-state index is 12.2. The molecule has 0 atom stereocenters. The number of hydrogen-bond acceptors (Lipinski definition) is 5. The van der Waals surface area contributed by atoms with Crippen molar-refractivity contribution < 1.29 is 18.1 Å². The van der Waals surface area contributed by atoms with Crippen LogP contribution in [0.15, 0.2) is 10.6 Å². The van der Waals surface area contributed by atoms with Crippen molar-refractivity contribution >= 4 is 7.60 Å². The summed E-state index contributed by atoms with van der Waals surface area (Å²) in [5.41, 5.74) is 0.847. The van der Waals surface area contributed by atoms with Crippen LogP contribution in [0, 0.1) is 0 Å². The van der Waals surface area contributed by atoms with Gasteiger partial charge < -0.3 is 13.6 Å². The van der Waals surface area contributed by atoms with Gasteiger partial charge in [-0.15, -0.1) is 0 Å². The van der Waals surface area contributed by atoms with Crippen LogP contribution in [-0.2, 0) is 19.8 Å². The van der Waals surface area contributed by atoms with Crippen molar-refractivity contribution in [1.82, 2.24) is 5.16 Å². The van der Waals surface area contributed by atoms with Gasteiger partial charge in [0.15, 0.2) is 0 Å². The second-order valence-electron chi connectivity index (χ2n) is 3.98. The summed E-state index contributed by atoms with van der Waals surface area (Å²) in [7, 11) is -3.09. The van der Waals surface area contributed by atoms with E-state index in [1.54, 1.807) is 19.9 Å². The monoisotopic (exact) mass is 261 g/mol. The minimum Gasteiger partial charge on any atom is -0.360 e. The second kappa shape index (κ2) is 6.34. The molecule has 98 valence electrons. The molecule has 1 heterocycles. The summed E-state index contributed by atoms with van der Waals surface area (Å²) >= 11 is 0. The fourth-order valence-electron chi connectivity index (χ4n) is 1.39. The molecule has 0 bridgehead atoms. The lowest BCUT2D eigenvalue weighted by atomic mass is 10.1. The van der Waals surface area contributed by atoms with Gasteiger partial charge in [-0.1, -0.05) is 19.0 Å². The summed E-state index contributed by atoms with van der Waals surface area (Å²) in [6.07, 6.45) is 0.133. The molecule has 0 aromatic carbocycles. The van der Waals surface area contributed by atoms with Gasteiger partial charge in [0.25, 0.3) is 0 Å². The maximum absolute atomic E-state index is 12.2. The Kier molecular flexibility index (Phi) is 5.37. The Morgan fingerprint density at radius 3 is 2.35 bits per heavy atom. The Morgan fingerprint density at radius 1 is 1.35 bits per heavy atom. The first-order chi connectivity index (χ1) is 8.00.